The van der Waals surface area contributed by atoms with E-state index in [1.165, 1.54) is 66.8 Å². The molecule has 0 saturated carbocycles. The topological polar surface area (TPSA) is 16.2 Å². The monoisotopic (exact) mass is 894 g/mol. The maximum Gasteiger partial charge on any atom is 0.0497 e. The molecule has 5 nitrogen and oxygen atoms in total. The Morgan fingerprint density at radius 1 is 0.273 bits per heavy atom. The fourth-order valence-electron chi connectivity index (χ4n) is 6.82. The van der Waals surface area contributed by atoms with Crippen LogP contribution in [0.2, 0.25) is 0 Å². The Kier molecular flexibility index (Phi) is 30.9. The van der Waals surface area contributed by atoms with E-state index in [1.54, 1.807) is 0 Å². The maximum absolute atomic E-state index is 2.25. The molecular formula is C61H91N5. The van der Waals surface area contributed by atoms with Gasteiger partial charge in [-0.2, -0.15) is 0 Å². The van der Waals surface area contributed by atoms with E-state index >= 15 is 0 Å². The summed E-state index contributed by atoms with van der Waals surface area (Å²) in [6.07, 6.45) is 3.31. The Morgan fingerprint density at radius 3 is 0.561 bits per heavy atom. The van der Waals surface area contributed by atoms with E-state index < -0.39 is 0 Å². The Bertz CT molecular complexity index is 1790. The lowest BCUT2D eigenvalue weighted by molar-refractivity contribution is 0.219. The third-order valence-electron chi connectivity index (χ3n) is 11.1. The maximum atomic E-state index is 2.25. The summed E-state index contributed by atoms with van der Waals surface area (Å²) in [6, 6.07) is 51.9. The third-order valence-corrected chi connectivity index (χ3v) is 11.1. The highest BCUT2D eigenvalue weighted by Gasteiger charge is 2.18. The Hall–Kier alpha value is -4.88. The summed E-state index contributed by atoms with van der Waals surface area (Å²) in [5, 5.41) is 0. The van der Waals surface area contributed by atoms with Crippen LogP contribution < -0.4 is 0 Å². The summed E-state index contributed by atoms with van der Waals surface area (Å²) in [4.78, 5) is 10.8. The predicted molar refractivity (Wildman–Crippen MR) is 296 cm³/mol. The molecule has 0 radical (unpaired) electrons. The second-order valence-corrected chi connectivity index (χ2v) is 17.1. The quantitative estimate of drug-likeness (QED) is 0.154. The normalized spacial score (nSPS) is 11.0. The van der Waals surface area contributed by atoms with Gasteiger partial charge in [-0.1, -0.05) is 201 Å². The predicted octanol–water partition coefficient (Wildman–Crippen LogP) is 14.0. The lowest BCUT2D eigenvalue weighted by Crippen LogP contribution is -2.29. The molecule has 0 aliphatic heterocycles. The van der Waals surface area contributed by atoms with E-state index in [2.05, 4.69) is 261 Å². The van der Waals surface area contributed by atoms with E-state index in [0.29, 0.717) is 0 Å². The summed E-state index contributed by atoms with van der Waals surface area (Å²) in [7, 11) is 18.6. The zero-order chi connectivity index (χ0) is 49.4. The Morgan fingerprint density at radius 2 is 0.439 bits per heavy atom. The van der Waals surface area contributed by atoms with Crippen LogP contribution in [-0.4, -0.2) is 121 Å². The van der Waals surface area contributed by atoms with Crippen molar-refractivity contribution in [3.05, 3.63) is 179 Å². The van der Waals surface area contributed by atoms with Crippen LogP contribution >= 0.6 is 0 Å². The summed E-state index contributed by atoms with van der Waals surface area (Å²) < 4.78 is 0. The van der Waals surface area contributed by atoms with E-state index in [-0.39, 0.29) is 0 Å². The number of benzene rings is 6. The highest BCUT2D eigenvalue weighted by atomic mass is 15.3. The molecule has 3 aliphatic carbocycles. The molecule has 0 amide bonds. The number of hydrogen-bond acceptors (Lipinski definition) is 5. The minimum atomic E-state index is 1.05. The van der Waals surface area contributed by atoms with Crippen molar-refractivity contribution < 1.29 is 0 Å². The molecule has 5 heteroatoms. The van der Waals surface area contributed by atoms with Crippen LogP contribution in [0.1, 0.15) is 88.8 Å². The van der Waals surface area contributed by atoms with Crippen molar-refractivity contribution in [2.75, 3.05) is 96.3 Å². The molecule has 6 aromatic rings. The van der Waals surface area contributed by atoms with Crippen molar-refractivity contribution in [1.29, 1.82) is 0 Å². The number of hydrogen-bond donors (Lipinski definition) is 0. The average Bonchev–Trinajstić information content (AvgIpc) is 4.05. The Labute approximate surface area is 406 Å². The minimum Gasteiger partial charge on any atom is -0.310 e. The molecule has 66 heavy (non-hydrogen) atoms. The van der Waals surface area contributed by atoms with Gasteiger partial charge >= 0.3 is 0 Å². The number of nitrogens with zero attached hydrogens (tertiary/aromatic N) is 5. The molecule has 0 spiro atoms. The van der Waals surface area contributed by atoms with Gasteiger partial charge in [0.05, 0.1) is 0 Å². The molecule has 360 valence electrons. The lowest BCUT2D eigenvalue weighted by atomic mass is 10.1. The zero-order valence-electron chi connectivity index (χ0n) is 44.7. The lowest BCUT2D eigenvalue weighted by Gasteiger charge is -2.18. The van der Waals surface area contributed by atoms with Gasteiger partial charge in [-0.15, -0.1) is 0 Å². The van der Waals surface area contributed by atoms with Gasteiger partial charge in [0.15, 0.2) is 0 Å². The fraction of sp³-hybridized carbons (Fsp3) is 0.410. The fourth-order valence-corrected chi connectivity index (χ4v) is 6.82. The first-order valence-corrected chi connectivity index (χ1v) is 24.6. The van der Waals surface area contributed by atoms with Crippen molar-refractivity contribution in [1.82, 2.24) is 24.5 Å². The highest BCUT2D eigenvalue weighted by molar-refractivity contribution is 5.78. The van der Waals surface area contributed by atoms with Gasteiger partial charge in [0.2, 0.25) is 0 Å². The minimum absolute atomic E-state index is 1.05. The van der Waals surface area contributed by atoms with Crippen LogP contribution in [0.5, 0.6) is 0 Å². The standard InChI is InChI=1S/3C13H10.C6H16N2.3C4H11N.2C2H6/c3*1-3-7-12-10(5-1)9-11-6-2-4-8-13(11)12;1-5-8(4)6-7(2)3;3*1-4-5(2)3;2*1-2/h3*1-8H,9H2;5-6H2,1-4H3;3*4H2,1-3H3;2*1-2H3. The van der Waals surface area contributed by atoms with Crippen LogP contribution in [0, 0.1) is 0 Å². The van der Waals surface area contributed by atoms with E-state index in [0.717, 1.165) is 52.1 Å². The van der Waals surface area contributed by atoms with Crippen LogP contribution in [0.3, 0.4) is 0 Å². The van der Waals surface area contributed by atoms with Gasteiger partial charge < -0.3 is 14.7 Å². The zero-order valence-corrected chi connectivity index (χ0v) is 44.7. The van der Waals surface area contributed by atoms with Gasteiger partial charge in [-0.3, -0.25) is 9.80 Å². The second-order valence-electron chi connectivity index (χ2n) is 17.1. The molecule has 0 heterocycles. The Balaban J connectivity index is 0.000000395. The molecule has 0 N–H and O–H groups in total. The molecule has 6 aromatic carbocycles. The number of rotatable bonds is 6. The highest BCUT2D eigenvalue weighted by Crippen LogP contribution is 2.37. The molecule has 0 aromatic heterocycles. The van der Waals surface area contributed by atoms with Crippen molar-refractivity contribution in [3.63, 3.8) is 0 Å². The van der Waals surface area contributed by atoms with Crippen molar-refractivity contribution in [2.24, 2.45) is 0 Å². The first kappa shape index (κ1) is 59.1. The molecular weight excluding hydrogens is 803 g/mol. The van der Waals surface area contributed by atoms with Gasteiger partial charge in [0.1, 0.15) is 0 Å². The third kappa shape index (κ3) is 21.2. The largest absolute Gasteiger partial charge is 0.310 e. The van der Waals surface area contributed by atoms with Crippen LogP contribution in [0.15, 0.2) is 146 Å². The summed E-state index contributed by atoms with van der Waals surface area (Å²) in [6.45, 7) is 22.1. The molecule has 0 bridgehead atoms. The molecule has 3 aliphatic rings. The van der Waals surface area contributed by atoms with Gasteiger partial charge in [-0.25, -0.2) is 0 Å². The second kappa shape index (κ2) is 34.4. The summed E-state index contributed by atoms with van der Waals surface area (Å²) in [5.41, 5.74) is 17.3. The van der Waals surface area contributed by atoms with Gasteiger partial charge in [0, 0.05) is 6.67 Å². The van der Waals surface area contributed by atoms with Gasteiger partial charge in [-0.05, 0) is 176 Å². The smallest absolute Gasteiger partial charge is 0.0497 e. The summed E-state index contributed by atoms with van der Waals surface area (Å²) >= 11 is 0. The van der Waals surface area contributed by atoms with Crippen LogP contribution in [-0.2, 0) is 19.3 Å². The summed E-state index contributed by atoms with van der Waals surface area (Å²) in [5.74, 6) is 0. The van der Waals surface area contributed by atoms with Crippen LogP contribution in [0.25, 0.3) is 33.4 Å². The number of fused-ring (bicyclic) bond motifs is 9. The first-order valence-electron chi connectivity index (χ1n) is 24.6. The molecule has 0 saturated heterocycles. The van der Waals surface area contributed by atoms with Crippen molar-refractivity contribution >= 4 is 0 Å². The molecule has 0 atom stereocenters. The van der Waals surface area contributed by atoms with E-state index in [4.69, 9.17) is 0 Å². The van der Waals surface area contributed by atoms with Crippen LogP contribution in [0.4, 0.5) is 0 Å². The average molecular weight is 894 g/mol. The molecule has 0 unspecified atom stereocenters. The van der Waals surface area contributed by atoms with Crippen molar-refractivity contribution in [2.45, 2.75) is 74.7 Å². The van der Waals surface area contributed by atoms with E-state index in [1.807, 2.05) is 27.7 Å². The van der Waals surface area contributed by atoms with E-state index in [9.17, 15) is 0 Å². The SMILES string of the molecule is CC.CC.CCN(C)C.CCN(C)C.CCN(C)C.CCN(C)CN(C)C.c1ccc2c(c1)Cc1ccccc1-2.c1ccc2c(c1)Cc1ccccc1-2.c1ccc2c(c1)Cc1ccccc1-2. The van der Waals surface area contributed by atoms with Crippen molar-refractivity contribution in [3.8, 4) is 33.4 Å². The van der Waals surface area contributed by atoms with Gasteiger partial charge in [0.25, 0.3) is 0 Å². The molecule has 0 fully saturated rings. The molecule has 9 rings (SSSR count). The first-order chi connectivity index (χ1) is 31.8.